The molecular weight excluding hydrogens is 342 g/mol. The summed E-state index contributed by atoms with van der Waals surface area (Å²) in [4.78, 5) is 31.3. The lowest BCUT2D eigenvalue weighted by Crippen LogP contribution is -2.42. The third-order valence-corrected chi connectivity index (χ3v) is 5.20. The first-order valence-electron chi connectivity index (χ1n) is 9.50. The summed E-state index contributed by atoms with van der Waals surface area (Å²) in [6.07, 6.45) is 7.27. The molecular formula is C21H27N3O3. The third-order valence-electron chi connectivity index (χ3n) is 5.20. The highest BCUT2D eigenvalue weighted by molar-refractivity contribution is 5.95. The summed E-state index contributed by atoms with van der Waals surface area (Å²) in [7, 11) is 3.48. The monoisotopic (exact) mass is 369 g/mol. The summed E-state index contributed by atoms with van der Waals surface area (Å²) in [5, 5.41) is 0. The van der Waals surface area contributed by atoms with Crippen LogP contribution in [0.1, 0.15) is 41.9 Å². The van der Waals surface area contributed by atoms with Gasteiger partial charge in [0.15, 0.2) is 5.82 Å². The van der Waals surface area contributed by atoms with Gasteiger partial charge in [0.2, 0.25) is 11.7 Å². The highest BCUT2D eigenvalue weighted by atomic mass is 16.5. The van der Waals surface area contributed by atoms with Crippen LogP contribution in [0, 0.1) is 5.92 Å². The van der Waals surface area contributed by atoms with Crippen LogP contribution in [0.4, 0.5) is 0 Å². The number of hydrogen-bond donors (Lipinski definition) is 0. The van der Waals surface area contributed by atoms with Crippen LogP contribution < -0.4 is 4.74 Å². The maximum absolute atomic E-state index is 12.7. The largest absolute Gasteiger partial charge is 0.497 e. The molecule has 144 valence electrons. The van der Waals surface area contributed by atoms with E-state index in [2.05, 4.69) is 4.98 Å². The van der Waals surface area contributed by atoms with Gasteiger partial charge in [-0.15, -0.1) is 0 Å². The first-order chi connectivity index (χ1) is 13.1. The Labute approximate surface area is 160 Å². The molecule has 6 heteroatoms. The Kier molecular flexibility index (Phi) is 6.27. The Morgan fingerprint density at radius 3 is 2.70 bits per heavy atom. The highest BCUT2D eigenvalue weighted by Crippen LogP contribution is 2.21. The molecule has 6 nitrogen and oxygen atoms in total. The molecule has 0 N–H and O–H groups in total. The summed E-state index contributed by atoms with van der Waals surface area (Å²) >= 11 is 0. The van der Waals surface area contributed by atoms with Crippen molar-refractivity contribution in [2.75, 3.05) is 20.2 Å². The van der Waals surface area contributed by atoms with Crippen LogP contribution >= 0.6 is 0 Å². The summed E-state index contributed by atoms with van der Waals surface area (Å²) in [5.41, 5.74) is 1.20. The van der Waals surface area contributed by atoms with Crippen molar-refractivity contribution in [3.8, 4) is 5.75 Å². The van der Waals surface area contributed by atoms with Gasteiger partial charge in [0.1, 0.15) is 5.75 Å². The smallest absolute Gasteiger partial charge is 0.222 e. The molecule has 1 saturated heterocycles. The van der Waals surface area contributed by atoms with E-state index < -0.39 is 0 Å². The fourth-order valence-electron chi connectivity index (χ4n) is 3.60. The summed E-state index contributed by atoms with van der Waals surface area (Å²) in [6.45, 7) is 1.25. The summed E-state index contributed by atoms with van der Waals surface area (Å²) < 4.78 is 6.91. The van der Waals surface area contributed by atoms with Crippen LogP contribution in [-0.2, 0) is 18.3 Å². The first kappa shape index (κ1) is 19.1. The van der Waals surface area contributed by atoms with Gasteiger partial charge < -0.3 is 14.2 Å². The molecule has 1 aromatic carbocycles. The van der Waals surface area contributed by atoms with E-state index in [-0.39, 0.29) is 17.6 Å². The van der Waals surface area contributed by atoms with Crippen LogP contribution in [0.15, 0.2) is 36.7 Å². The summed E-state index contributed by atoms with van der Waals surface area (Å²) in [6, 6.07) is 7.95. The van der Waals surface area contributed by atoms with Crippen molar-refractivity contribution >= 4 is 11.7 Å². The van der Waals surface area contributed by atoms with Crippen molar-refractivity contribution < 1.29 is 14.3 Å². The van der Waals surface area contributed by atoms with Gasteiger partial charge >= 0.3 is 0 Å². The summed E-state index contributed by atoms with van der Waals surface area (Å²) in [5.74, 6) is 1.35. The Bertz CT molecular complexity index is 782. The van der Waals surface area contributed by atoms with E-state index in [1.807, 2.05) is 36.2 Å². The molecule has 1 aromatic heterocycles. The maximum Gasteiger partial charge on any atom is 0.222 e. The molecule has 1 amide bonds. The van der Waals surface area contributed by atoms with Gasteiger partial charge in [-0.25, -0.2) is 4.98 Å². The van der Waals surface area contributed by atoms with Crippen molar-refractivity contribution in [2.24, 2.45) is 13.0 Å². The first-order valence-corrected chi connectivity index (χ1v) is 9.50. The van der Waals surface area contributed by atoms with Gasteiger partial charge in [-0.05, 0) is 43.4 Å². The number of piperidine rings is 1. The number of aromatic nitrogens is 2. The second-order valence-electron chi connectivity index (χ2n) is 7.11. The maximum atomic E-state index is 12.7. The Morgan fingerprint density at radius 1 is 1.26 bits per heavy atom. The molecule has 27 heavy (non-hydrogen) atoms. The lowest BCUT2D eigenvalue weighted by molar-refractivity contribution is -0.132. The average molecular weight is 369 g/mol. The molecule has 1 fully saturated rings. The number of aryl methyl sites for hydroxylation is 2. The number of methoxy groups -OCH3 is 1. The van der Waals surface area contributed by atoms with Crippen molar-refractivity contribution in [3.63, 3.8) is 0 Å². The van der Waals surface area contributed by atoms with Crippen LogP contribution in [-0.4, -0.2) is 46.3 Å². The number of Topliss-reactive ketones (excluding diaryl/α,β-unsaturated/α-hetero) is 1. The third kappa shape index (κ3) is 4.76. The van der Waals surface area contributed by atoms with E-state index in [9.17, 15) is 9.59 Å². The van der Waals surface area contributed by atoms with E-state index in [1.165, 1.54) is 5.56 Å². The number of likely N-dealkylation sites (tertiary alicyclic amines) is 1. The topological polar surface area (TPSA) is 64.4 Å². The number of ether oxygens (including phenoxy) is 1. The lowest BCUT2D eigenvalue weighted by Gasteiger charge is -2.32. The van der Waals surface area contributed by atoms with Gasteiger partial charge in [0.05, 0.1) is 7.11 Å². The highest BCUT2D eigenvalue weighted by Gasteiger charge is 2.30. The van der Waals surface area contributed by atoms with Crippen LogP contribution in [0.2, 0.25) is 0 Å². The van der Waals surface area contributed by atoms with Crippen molar-refractivity contribution in [1.82, 2.24) is 14.5 Å². The zero-order chi connectivity index (χ0) is 19.2. The minimum absolute atomic E-state index is 0.0400. The standard InChI is InChI=1S/C21H27N3O3/c1-23-14-12-22-21(23)20(26)17-6-4-13-24(15-17)19(25)7-3-5-16-8-10-18(27-2)11-9-16/h8-12,14,17H,3-7,13,15H2,1-2H3. The molecule has 2 heterocycles. The SMILES string of the molecule is COc1ccc(CCCC(=O)N2CCCC(C(=O)c3nccn3C)C2)cc1. The molecule has 0 spiro atoms. The number of carbonyl (C=O) groups is 2. The zero-order valence-electron chi connectivity index (χ0n) is 16.1. The van der Waals surface area contributed by atoms with Crippen LogP contribution in [0.5, 0.6) is 5.75 Å². The molecule has 0 saturated carbocycles. The second kappa shape index (κ2) is 8.84. The molecule has 3 rings (SSSR count). The van der Waals surface area contributed by atoms with Gasteiger partial charge in [0.25, 0.3) is 0 Å². The zero-order valence-corrected chi connectivity index (χ0v) is 16.1. The van der Waals surface area contributed by atoms with Gasteiger partial charge in [-0.3, -0.25) is 9.59 Å². The molecule has 1 aliphatic heterocycles. The minimum Gasteiger partial charge on any atom is -0.497 e. The van der Waals surface area contributed by atoms with Crippen LogP contribution in [0.25, 0.3) is 0 Å². The van der Waals surface area contributed by atoms with Crippen LogP contribution in [0.3, 0.4) is 0 Å². The average Bonchev–Trinajstić information content (AvgIpc) is 3.14. The minimum atomic E-state index is -0.148. The number of carbonyl (C=O) groups excluding carboxylic acids is 2. The fourth-order valence-corrected chi connectivity index (χ4v) is 3.60. The number of amides is 1. The number of imidazole rings is 1. The second-order valence-corrected chi connectivity index (χ2v) is 7.11. The van der Waals surface area contributed by atoms with Crippen molar-refractivity contribution in [1.29, 1.82) is 0 Å². The molecule has 0 radical (unpaired) electrons. The number of nitrogens with zero attached hydrogens (tertiary/aromatic N) is 3. The number of benzene rings is 1. The van der Waals surface area contributed by atoms with Gasteiger partial charge in [-0.1, -0.05) is 12.1 Å². The molecule has 2 aromatic rings. The van der Waals surface area contributed by atoms with E-state index in [0.717, 1.165) is 38.0 Å². The normalized spacial score (nSPS) is 17.0. The molecule has 1 atom stereocenters. The van der Waals surface area contributed by atoms with E-state index in [1.54, 1.807) is 24.1 Å². The Balaban J connectivity index is 1.49. The van der Waals surface area contributed by atoms with E-state index in [0.29, 0.717) is 18.8 Å². The van der Waals surface area contributed by atoms with Gasteiger partial charge in [-0.2, -0.15) is 0 Å². The van der Waals surface area contributed by atoms with E-state index >= 15 is 0 Å². The Morgan fingerprint density at radius 2 is 2.04 bits per heavy atom. The Hall–Kier alpha value is -2.63. The molecule has 1 unspecified atom stereocenters. The van der Waals surface area contributed by atoms with Crippen molar-refractivity contribution in [2.45, 2.75) is 32.1 Å². The van der Waals surface area contributed by atoms with Gasteiger partial charge in [0, 0.05) is 44.9 Å². The van der Waals surface area contributed by atoms with Crippen molar-refractivity contribution in [3.05, 3.63) is 48.0 Å². The number of rotatable bonds is 7. The molecule has 0 aliphatic carbocycles. The predicted molar refractivity (Wildman–Crippen MR) is 103 cm³/mol. The predicted octanol–water partition coefficient (Wildman–Crippen LogP) is 2.87. The number of ketones is 1. The van der Waals surface area contributed by atoms with E-state index in [4.69, 9.17) is 4.74 Å². The quantitative estimate of drug-likeness (QED) is 0.704. The fraction of sp³-hybridized carbons (Fsp3) is 0.476. The molecule has 0 bridgehead atoms. The lowest BCUT2D eigenvalue weighted by atomic mass is 9.93. The number of hydrogen-bond acceptors (Lipinski definition) is 4. The molecule has 1 aliphatic rings.